The van der Waals surface area contributed by atoms with E-state index in [0.29, 0.717) is 11.8 Å². The lowest BCUT2D eigenvalue weighted by molar-refractivity contribution is 0.443. The number of para-hydroxylation sites is 1. The maximum atomic E-state index is 4.83. The van der Waals surface area contributed by atoms with Crippen LogP contribution in [0.3, 0.4) is 0 Å². The van der Waals surface area contributed by atoms with Crippen molar-refractivity contribution in [2.24, 2.45) is 11.8 Å². The number of nitrogens with zero attached hydrogens (tertiary/aromatic N) is 2. The zero-order chi connectivity index (χ0) is 14.5. The number of nitrogens with one attached hydrogen (secondary N) is 1. The first-order valence-electron chi connectivity index (χ1n) is 7.77. The van der Waals surface area contributed by atoms with Gasteiger partial charge in [-0.25, -0.2) is 0 Å². The molecule has 1 unspecified atom stereocenters. The number of benzene rings is 1. The molecule has 0 saturated carbocycles. The van der Waals surface area contributed by atoms with Crippen LogP contribution in [0.1, 0.15) is 39.8 Å². The third-order valence-corrected chi connectivity index (χ3v) is 3.76. The fourth-order valence-corrected chi connectivity index (χ4v) is 2.37. The summed E-state index contributed by atoms with van der Waals surface area (Å²) in [6.45, 7) is 11.9. The summed E-state index contributed by atoms with van der Waals surface area (Å²) in [5.74, 6) is 1.33. The van der Waals surface area contributed by atoms with Crippen molar-refractivity contribution in [2.45, 2.75) is 47.2 Å². The third-order valence-electron chi connectivity index (χ3n) is 3.76. The molecule has 0 aliphatic rings. The van der Waals surface area contributed by atoms with E-state index in [4.69, 9.17) is 5.10 Å². The van der Waals surface area contributed by atoms with E-state index in [1.54, 1.807) is 0 Å². The normalized spacial score (nSPS) is 13.2. The van der Waals surface area contributed by atoms with Crippen LogP contribution >= 0.6 is 0 Å². The summed E-state index contributed by atoms with van der Waals surface area (Å²) in [4.78, 5) is 0. The quantitative estimate of drug-likeness (QED) is 0.831. The van der Waals surface area contributed by atoms with Crippen molar-refractivity contribution >= 4 is 10.9 Å². The SMILES string of the molecule is CCC(C)Cn1nc(CNCC(C)C)c2ccccc21. The molecular weight excluding hydrogens is 246 g/mol. The van der Waals surface area contributed by atoms with Gasteiger partial charge in [0.25, 0.3) is 0 Å². The first kappa shape index (κ1) is 15.0. The van der Waals surface area contributed by atoms with Crippen LogP contribution in [0, 0.1) is 11.8 Å². The molecule has 1 heterocycles. The van der Waals surface area contributed by atoms with E-state index in [1.165, 1.54) is 23.0 Å². The second-order valence-corrected chi connectivity index (χ2v) is 6.18. The zero-order valence-corrected chi connectivity index (χ0v) is 13.2. The Morgan fingerprint density at radius 3 is 2.65 bits per heavy atom. The van der Waals surface area contributed by atoms with Crippen molar-refractivity contribution in [1.82, 2.24) is 15.1 Å². The van der Waals surface area contributed by atoms with Crippen LogP contribution in [0.4, 0.5) is 0 Å². The van der Waals surface area contributed by atoms with Gasteiger partial charge in [0.05, 0.1) is 11.2 Å². The van der Waals surface area contributed by atoms with E-state index in [9.17, 15) is 0 Å². The molecule has 0 saturated heterocycles. The fraction of sp³-hybridized carbons (Fsp3) is 0.588. The lowest BCUT2D eigenvalue weighted by atomic mass is 10.1. The average Bonchev–Trinajstić information content (AvgIpc) is 2.77. The van der Waals surface area contributed by atoms with Crippen molar-refractivity contribution in [3.8, 4) is 0 Å². The van der Waals surface area contributed by atoms with Crippen LogP contribution in [0.2, 0.25) is 0 Å². The standard InChI is InChI=1S/C17H27N3/c1-5-14(4)12-20-17-9-7-6-8-15(17)16(19-20)11-18-10-13(2)3/h6-9,13-14,18H,5,10-12H2,1-4H3. The molecule has 3 nitrogen and oxygen atoms in total. The highest BCUT2D eigenvalue weighted by atomic mass is 15.3. The summed E-state index contributed by atoms with van der Waals surface area (Å²) in [5, 5.41) is 9.61. The van der Waals surface area contributed by atoms with Crippen LogP contribution in [0.5, 0.6) is 0 Å². The Morgan fingerprint density at radius 1 is 1.20 bits per heavy atom. The predicted octanol–water partition coefficient (Wildman–Crippen LogP) is 3.83. The van der Waals surface area contributed by atoms with Crippen LogP contribution in [-0.4, -0.2) is 16.3 Å². The second-order valence-electron chi connectivity index (χ2n) is 6.18. The maximum absolute atomic E-state index is 4.83. The van der Waals surface area contributed by atoms with Gasteiger partial charge in [0.2, 0.25) is 0 Å². The van der Waals surface area contributed by atoms with Crippen molar-refractivity contribution in [2.75, 3.05) is 6.54 Å². The Labute approximate surface area is 122 Å². The Hall–Kier alpha value is -1.35. The van der Waals surface area contributed by atoms with Gasteiger partial charge in [0.1, 0.15) is 0 Å². The summed E-state index contributed by atoms with van der Waals surface area (Å²) in [6.07, 6.45) is 1.19. The van der Waals surface area contributed by atoms with E-state index >= 15 is 0 Å². The van der Waals surface area contributed by atoms with Gasteiger partial charge in [0.15, 0.2) is 0 Å². The van der Waals surface area contributed by atoms with E-state index in [1.807, 2.05) is 0 Å². The fourth-order valence-electron chi connectivity index (χ4n) is 2.37. The van der Waals surface area contributed by atoms with Crippen molar-refractivity contribution in [3.05, 3.63) is 30.0 Å². The zero-order valence-electron chi connectivity index (χ0n) is 13.2. The first-order chi connectivity index (χ1) is 9.61. The number of hydrogen-bond donors (Lipinski definition) is 1. The van der Waals surface area contributed by atoms with Gasteiger partial charge in [-0.2, -0.15) is 5.10 Å². The van der Waals surface area contributed by atoms with Gasteiger partial charge in [-0.3, -0.25) is 4.68 Å². The highest BCUT2D eigenvalue weighted by Crippen LogP contribution is 2.20. The largest absolute Gasteiger partial charge is 0.311 e. The van der Waals surface area contributed by atoms with Gasteiger partial charge in [-0.05, 0) is 24.4 Å². The lowest BCUT2D eigenvalue weighted by Gasteiger charge is -2.09. The Bertz CT molecular complexity index is 542. The molecule has 2 rings (SSSR count). The second kappa shape index (κ2) is 6.89. The molecule has 0 amide bonds. The highest BCUT2D eigenvalue weighted by molar-refractivity contribution is 5.81. The van der Waals surface area contributed by atoms with Crippen LogP contribution < -0.4 is 5.32 Å². The summed E-state index contributed by atoms with van der Waals surface area (Å²) < 4.78 is 2.18. The minimum absolute atomic E-state index is 0.662. The maximum Gasteiger partial charge on any atom is 0.0841 e. The highest BCUT2D eigenvalue weighted by Gasteiger charge is 2.11. The van der Waals surface area contributed by atoms with Gasteiger partial charge >= 0.3 is 0 Å². The Kier molecular flexibility index (Phi) is 5.18. The number of hydrogen-bond acceptors (Lipinski definition) is 2. The van der Waals surface area contributed by atoms with E-state index in [-0.39, 0.29) is 0 Å². The molecular formula is C17H27N3. The van der Waals surface area contributed by atoms with Gasteiger partial charge in [-0.1, -0.05) is 52.3 Å². The molecule has 0 bridgehead atoms. The molecule has 0 aliphatic heterocycles. The average molecular weight is 273 g/mol. The topological polar surface area (TPSA) is 29.9 Å². The van der Waals surface area contributed by atoms with Crippen LogP contribution in [0.25, 0.3) is 10.9 Å². The predicted molar refractivity (Wildman–Crippen MR) is 85.7 cm³/mol. The van der Waals surface area contributed by atoms with Crippen LogP contribution in [0.15, 0.2) is 24.3 Å². The molecule has 0 radical (unpaired) electrons. The molecule has 0 fully saturated rings. The minimum atomic E-state index is 0.662. The smallest absolute Gasteiger partial charge is 0.0841 e. The summed E-state index contributed by atoms with van der Waals surface area (Å²) in [5.41, 5.74) is 2.43. The summed E-state index contributed by atoms with van der Waals surface area (Å²) in [7, 11) is 0. The molecule has 1 atom stereocenters. The van der Waals surface area contributed by atoms with Gasteiger partial charge < -0.3 is 5.32 Å². The van der Waals surface area contributed by atoms with E-state index in [2.05, 4.69) is 62.0 Å². The van der Waals surface area contributed by atoms with E-state index in [0.717, 1.165) is 19.6 Å². The molecule has 110 valence electrons. The molecule has 2 aromatic rings. The third kappa shape index (κ3) is 3.60. The molecule has 1 aromatic heterocycles. The molecule has 0 spiro atoms. The van der Waals surface area contributed by atoms with Crippen LogP contribution in [-0.2, 0) is 13.1 Å². The first-order valence-corrected chi connectivity index (χ1v) is 7.77. The van der Waals surface area contributed by atoms with Gasteiger partial charge in [0, 0.05) is 18.5 Å². The summed E-state index contributed by atoms with van der Waals surface area (Å²) >= 11 is 0. The lowest BCUT2D eigenvalue weighted by Crippen LogP contribution is -2.19. The molecule has 0 aliphatic carbocycles. The number of rotatable bonds is 7. The van der Waals surface area contributed by atoms with E-state index < -0.39 is 0 Å². The Morgan fingerprint density at radius 2 is 1.95 bits per heavy atom. The number of fused-ring (bicyclic) bond motifs is 1. The molecule has 3 heteroatoms. The minimum Gasteiger partial charge on any atom is -0.311 e. The van der Waals surface area contributed by atoms with Crippen molar-refractivity contribution in [1.29, 1.82) is 0 Å². The van der Waals surface area contributed by atoms with Gasteiger partial charge in [-0.15, -0.1) is 0 Å². The Balaban J connectivity index is 2.21. The van der Waals surface area contributed by atoms with Crippen molar-refractivity contribution in [3.63, 3.8) is 0 Å². The molecule has 20 heavy (non-hydrogen) atoms. The summed E-state index contributed by atoms with van der Waals surface area (Å²) in [6, 6.07) is 8.56. The molecule has 1 N–H and O–H groups in total. The molecule has 1 aromatic carbocycles. The van der Waals surface area contributed by atoms with Crippen molar-refractivity contribution < 1.29 is 0 Å². The number of aromatic nitrogens is 2. The monoisotopic (exact) mass is 273 g/mol.